The Kier molecular flexibility index (Phi) is 7.74. The fourth-order valence-corrected chi connectivity index (χ4v) is 3.82. The second-order valence-corrected chi connectivity index (χ2v) is 8.00. The van der Waals surface area contributed by atoms with Gasteiger partial charge in [0.2, 0.25) is 11.8 Å². The monoisotopic (exact) mass is 367 g/mol. The molecule has 1 aromatic rings. The van der Waals surface area contributed by atoms with E-state index in [-0.39, 0.29) is 18.2 Å². The van der Waals surface area contributed by atoms with E-state index in [4.69, 9.17) is 5.73 Å². The summed E-state index contributed by atoms with van der Waals surface area (Å²) in [5.74, 6) is 1.21. The van der Waals surface area contributed by atoms with E-state index in [1.807, 2.05) is 4.57 Å². The zero-order chi connectivity index (χ0) is 18.2. The van der Waals surface area contributed by atoms with Gasteiger partial charge in [0.25, 0.3) is 0 Å². The third kappa shape index (κ3) is 6.68. The molecule has 1 aliphatic rings. The molecule has 2 rings (SSSR count). The molecule has 1 saturated carbocycles. The summed E-state index contributed by atoms with van der Waals surface area (Å²) in [5, 5.41) is 12.2. The molecular formula is C17H29N5O2S. The van der Waals surface area contributed by atoms with Crippen molar-refractivity contribution >= 4 is 23.6 Å². The van der Waals surface area contributed by atoms with Crippen LogP contribution in [-0.2, 0) is 22.6 Å². The first-order chi connectivity index (χ1) is 12.0. The normalized spacial score (nSPS) is 15.5. The van der Waals surface area contributed by atoms with E-state index in [9.17, 15) is 9.59 Å². The van der Waals surface area contributed by atoms with E-state index in [0.717, 1.165) is 30.4 Å². The highest BCUT2D eigenvalue weighted by atomic mass is 32.2. The van der Waals surface area contributed by atoms with Crippen LogP contribution in [0.3, 0.4) is 0 Å². The number of nitrogens with two attached hydrogens (primary N) is 1. The van der Waals surface area contributed by atoms with Crippen molar-refractivity contribution in [2.45, 2.75) is 76.5 Å². The quantitative estimate of drug-likeness (QED) is 0.649. The average Bonchev–Trinajstić information content (AvgIpc) is 2.93. The molecule has 1 aliphatic carbocycles. The van der Waals surface area contributed by atoms with Crippen molar-refractivity contribution in [2.24, 2.45) is 11.7 Å². The van der Waals surface area contributed by atoms with Gasteiger partial charge in [-0.1, -0.05) is 44.9 Å². The van der Waals surface area contributed by atoms with E-state index >= 15 is 0 Å². The van der Waals surface area contributed by atoms with Crippen molar-refractivity contribution in [3.63, 3.8) is 0 Å². The molecule has 7 nitrogen and oxygen atoms in total. The highest BCUT2D eigenvalue weighted by Gasteiger charge is 2.18. The highest BCUT2D eigenvalue weighted by molar-refractivity contribution is 7.99. The number of aryl methyl sites for hydroxylation is 1. The summed E-state index contributed by atoms with van der Waals surface area (Å²) in [6.45, 7) is 4.98. The molecule has 3 N–H and O–H groups in total. The van der Waals surface area contributed by atoms with Crippen LogP contribution in [0.15, 0.2) is 5.16 Å². The molecular weight excluding hydrogens is 338 g/mol. The molecule has 0 aliphatic heterocycles. The van der Waals surface area contributed by atoms with Crippen molar-refractivity contribution in [3.05, 3.63) is 5.82 Å². The predicted molar refractivity (Wildman–Crippen MR) is 98.1 cm³/mol. The summed E-state index contributed by atoms with van der Waals surface area (Å²) in [6.07, 6.45) is 6.56. The maximum atomic E-state index is 12.2. The Balaban J connectivity index is 1.92. The molecule has 1 heterocycles. The van der Waals surface area contributed by atoms with Crippen LogP contribution >= 0.6 is 11.8 Å². The van der Waals surface area contributed by atoms with Crippen LogP contribution in [0.2, 0.25) is 0 Å². The summed E-state index contributed by atoms with van der Waals surface area (Å²) in [5.41, 5.74) is 5.23. The van der Waals surface area contributed by atoms with Gasteiger partial charge in [-0.2, -0.15) is 0 Å². The number of nitrogens with zero attached hydrogens (tertiary/aromatic N) is 3. The van der Waals surface area contributed by atoms with E-state index in [0.29, 0.717) is 24.1 Å². The molecule has 1 fully saturated rings. The van der Waals surface area contributed by atoms with E-state index < -0.39 is 0 Å². The van der Waals surface area contributed by atoms with Crippen LogP contribution in [-0.4, -0.2) is 38.4 Å². The minimum atomic E-state index is -0.347. The summed E-state index contributed by atoms with van der Waals surface area (Å²) in [7, 11) is 0. The predicted octanol–water partition coefficient (Wildman–Crippen LogP) is 1.89. The van der Waals surface area contributed by atoms with Gasteiger partial charge < -0.3 is 15.6 Å². The smallest absolute Gasteiger partial charge is 0.230 e. The molecule has 2 amide bonds. The summed E-state index contributed by atoms with van der Waals surface area (Å²) < 4.78 is 2.01. The Bertz CT molecular complexity index is 582. The molecule has 8 heteroatoms. The zero-order valence-electron chi connectivity index (χ0n) is 15.2. The van der Waals surface area contributed by atoms with Gasteiger partial charge in [-0.3, -0.25) is 9.59 Å². The van der Waals surface area contributed by atoms with E-state index in [1.165, 1.54) is 31.0 Å². The fourth-order valence-electron chi connectivity index (χ4n) is 3.04. The van der Waals surface area contributed by atoms with Gasteiger partial charge in [0, 0.05) is 25.4 Å². The number of hydrogen-bond acceptors (Lipinski definition) is 5. The first-order valence-electron chi connectivity index (χ1n) is 9.08. The van der Waals surface area contributed by atoms with Crippen molar-refractivity contribution in [2.75, 3.05) is 5.75 Å². The first kappa shape index (κ1) is 19.8. The van der Waals surface area contributed by atoms with Crippen LogP contribution in [0.25, 0.3) is 0 Å². The van der Waals surface area contributed by atoms with Crippen molar-refractivity contribution in [1.82, 2.24) is 20.1 Å². The van der Waals surface area contributed by atoms with E-state index in [2.05, 4.69) is 29.4 Å². The molecule has 0 aromatic carbocycles. The number of aromatic nitrogens is 3. The number of carbonyl (C=O) groups is 2. The molecule has 1 aromatic heterocycles. The third-order valence-electron chi connectivity index (χ3n) is 4.24. The lowest BCUT2D eigenvalue weighted by atomic mass is 9.95. The Morgan fingerprint density at radius 1 is 1.28 bits per heavy atom. The summed E-state index contributed by atoms with van der Waals surface area (Å²) in [4.78, 5) is 23.2. The Morgan fingerprint density at radius 3 is 2.64 bits per heavy atom. The minimum absolute atomic E-state index is 0.0506. The first-order valence-corrected chi connectivity index (χ1v) is 10.1. The summed E-state index contributed by atoms with van der Waals surface area (Å²) >= 11 is 1.40. The number of carbonyl (C=O) groups excluding carboxylic acids is 2. The van der Waals surface area contributed by atoms with E-state index in [1.54, 1.807) is 0 Å². The van der Waals surface area contributed by atoms with Crippen LogP contribution in [0.5, 0.6) is 0 Å². The molecule has 0 saturated heterocycles. The van der Waals surface area contributed by atoms with Crippen molar-refractivity contribution < 1.29 is 9.59 Å². The largest absolute Gasteiger partial charge is 0.370 e. The Hall–Kier alpha value is -1.57. The maximum absolute atomic E-state index is 12.2. The molecule has 0 spiro atoms. The van der Waals surface area contributed by atoms with Crippen LogP contribution in [0, 0.1) is 5.92 Å². The van der Waals surface area contributed by atoms with Gasteiger partial charge in [-0.25, -0.2) is 0 Å². The van der Waals surface area contributed by atoms with Crippen molar-refractivity contribution in [1.29, 1.82) is 0 Å². The summed E-state index contributed by atoms with van der Waals surface area (Å²) in [6, 6.07) is 0.321. The lowest BCUT2D eigenvalue weighted by molar-refractivity contribution is -0.119. The van der Waals surface area contributed by atoms with Gasteiger partial charge in [0.1, 0.15) is 5.82 Å². The van der Waals surface area contributed by atoms with Gasteiger partial charge >= 0.3 is 0 Å². The second kappa shape index (κ2) is 9.79. The lowest BCUT2D eigenvalue weighted by Gasteiger charge is -2.22. The SMILES string of the molecule is CC(C)Cn1c(CCC(N)=O)nnc1SCC(=O)NC1CCCCC1. The second-order valence-electron chi connectivity index (χ2n) is 7.06. The average molecular weight is 368 g/mol. The zero-order valence-corrected chi connectivity index (χ0v) is 16.0. The van der Waals surface area contributed by atoms with Gasteiger partial charge in [0.05, 0.1) is 5.75 Å². The number of rotatable bonds is 9. The Labute approximate surface area is 153 Å². The van der Waals surface area contributed by atoms with Crippen LogP contribution < -0.4 is 11.1 Å². The van der Waals surface area contributed by atoms with Gasteiger partial charge in [-0.05, 0) is 18.8 Å². The standard InChI is InChI=1S/C17H29N5O2S/c1-12(2)10-22-15(9-8-14(18)23)20-21-17(22)25-11-16(24)19-13-6-4-3-5-7-13/h12-13H,3-11H2,1-2H3,(H2,18,23)(H,19,24). The number of amides is 2. The maximum Gasteiger partial charge on any atom is 0.230 e. The van der Waals surface area contributed by atoms with Gasteiger partial charge in [-0.15, -0.1) is 10.2 Å². The molecule has 140 valence electrons. The number of primary amides is 1. The minimum Gasteiger partial charge on any atom is -0.370 e. The molecule has 0 bridgehead atoms. The fraction of sp³-hybridized carbons (Fsp3) is 0.765. The molecule has 0 atom stereocenters. The molecule has 0 unspecified atom stereocenters. The molecule has 25 heavy (non-hydrogen) atoms. The van der Waals surface area contributed by atoms with Crippen LogP contribution in [0.1, 0.15) is 58.2 Å². The number of nitrogens with one attached hydrogen (secondary N) is 1. The lowest BCUT2D eigenvalue weighted by Crippen LogP contribution is -2.37. The third-order valence-corrected chi connectivity index (χ3v) is 5.21. The van der Waals surface area contributed by atoms with Crippen LogP contribution in [0.4, 0.5) is 0 Å². The highest BCUT2D eigenvalue weighted by Crippen LogP contribution is 2.21. The van der Waals surface area contributed by atoms with Gasteiger partial charge in [0.15, 0.2) is 5.16 Å². The van der Waals surface area contributed by atoms with Crippen molar-refractivity contribution in [3.8, 4) is 0 Å². The molecule has 0 radical (unpaired) electrons. The number of hydrogen-bond donors (Lipinski definition) is 2. The topological polar surface area (TPSA) is 103 Å². The Morgan fingerprint density at radius 2 is 2.00 bits per heavy atom. The number of thioether (sulfide) groups is 1.